The molecule has 0 fully saturated rings. The predicted octanol–water partition coefficient (Wildman–Crippen LogP) is 2.93. The van der Waals surface area contributed by atoms with Crippen molar-refractivity contribution in [1.82, 2.24) is 4.98 Å². The quantitative estimate of drug-likeness (QED) is 0.789. The zero-order valence-electron chi connectivity index (χ0n) is 10.9. The van der Waals surface area contributed by atoms with Gasteiger partial charge in [0.2, 0.25) is 5.91 Å². The lowest BCUT2D eigenvalue weighted by molar-refractivity contribution is -0.117. The van der Waals surface area contributed by atoms with Crippen LogP contribution < -0.4 is 5.73 Å². The molecule has 0 bridgehead atoms. The van der Waals surface area contributed by atoms with Gasteiger partial charge in [0.25, 0.3) is 0 Å². The van der Waals surface area contributed by atoms with Crippen molar-refractivity contribution in [3.8, 4) is 11.1 Å². The van der Waals surface area contributed by atoms with E-state index < -0.39 is 0 Å². The number of fused-ring (bicyclic) bond motifs is 1. The predicted molar refractivity (Wildman–Crippen MR) is 80.1 cm³/mol. The van der Waals surface area contributed by atoms with E-state index in [0.717, 1.165) is 27.6 Å². The average Bonchev–Trinajstić information content (AvgIpc) is 2.47. The normalized spacial score (nSPS) is 10.6. The first-order valence-corrected chi connectivity index (χ1v) is 6.45. The highest BCUT2D eigenvalue weighted by molar-refractivity contribution is 5.85. The Morgan fingerprint density at radius 1 is 1.00 bits per heavy atom. The summed E-state index contributed by atoms with van der Waals surface area (Å²) in [5.74, 6) is -0.328. The lowest BCUT2D eigenvalue weighted by Crippen LogP contribution is -2.13. The molecular weight excluding hydrogens is 248 g/mol. The van der Waals surface area contributed by atoms with Crippen molar-refractivity contribution in [3.63, 3.8) is 0 Å². The Morgan fingerprint density at radius 3 is 2.55 bits per heavy atom. The molecule has 0 aliphatic carbocycles. The topological polar surface area (TPSA) is 56.0 Å². The number of aromatic nitrogens is 1. The maximum Gasteiger partial charge on any atom is 0.221 e. The van der Waals surface area contributed by atoms with Crippen LogP contribution in [-0.4, -0.2) is 10.9 Å². The molecule has 0 radical (unpaired) electrons. The molecule has 0 spiro atoms. The third kappa shape index (κ3) is 2.52. The van der Waals surface area contributed by atoms with Crippen molar-refractivity contribution in [2.75, 3.05) is 0 Å². The van der Waals surface area contributed by atoms with E-state index in [1.165, 1.54) is 0 Å². The molecule has 2 aromatic carbocycles. The lowest BCUT2D eigenvalue weighted by atomic mass is 10.0. The van der Waals surface area contributed by atoms with E-state index in [0.29, 0.717) is 0 Å². The maximum atomic E-state index is 10.9. The second kappa shape index (κ2) is 5.13. The molecule has 3 heteroatoms. The van der Waals surface area contributed by atoms with Gasteiger partial charge in [-0.25, -0.2) is 0 Å². The van der Waals surface area contributed by atoms with Crippen LogP contribution in [-0.2, 0) is 11.2 Å². The van der Waals surface area contributed by atoms with Gasteiger partial charge in [-0.1, -0.05) is 42.5 Å². The maximum absolute atomic E-state index is 10.9. The molecule has 3 rings (SSSR count). The Balaban J connectivity index is 2.03. The highest BCUT2D eigenvalue weighted by Crippen LogP contribution is 2.23. The van der Waals surface area contributed by atoms with Crippen LogP contribution in [0.1, 0.15) is 5.56 Å². The Bertz CT molecular complexity index is 766. The number of benzene rings is 2. The minimum absolute atomic E-state index is 0.248. The third-order valence-electron chi connectivity index (χ3n) is 3.23. The van der Waals surface area contributed by atoms with Crippen molar-refractivity contribution in [3.05, 3.63) is 66.4 Å². The highest BCUT2D eigenvalue weighted by atomic mass is 16.1. The molecule has 0 atom stereocenters. The Hall–Kier alpha value is -2.68. The zero-order chi connectivity index (χ0) is 13.9. The average molecular weight is 262 g/mol. The standard InChI is InChI=1S/C17H14N2O/c18-17(20)9-12-6-7-14-10-15(11-19-16(14)8-12)13-4-2-1-3-5-13/h1-8,10-11H,9H2,(H2,18,20). The van der Waals surface area contributed by atoms with Crippen LogP contribution in [0.5, 0.6) is 0 Å². The number of carbonyl (C=O) groups excluding carboxylic acids is 1. The molecule has 0 saturated carbocycles. The van der Waals surface area contributed by atoms with Gasteiger partial charge in [-0.15, -0.1) is 0 Å². The van der Waals surface area contributed by atoms with Crippen molar-refractivity contribution in [2.45, 2.75) is 6.42 Å². The zero-order valence-corrected chi connectivity index (χ0v) is 10.9. The molecule has 98 valence electrons. The van der Waals surface area contributed by atoms with Crippen LogP contribution in [0.25, 0.3) is 22.0 Å². The van der Waals surface area contributed by atoms with E-state index in [1.807, 2.05) is 42.6 Å². The Morgan fingerprint density at radius 2 is 1.80 bits per heavy atom. The van der Waals surface area contributed by atoms with Crippen LogP contribution in [0.2, 0.25) is 0 Å². The fourth-order valence-corrected chi connectivity index (χ4v) is 2.27. The number of amides is 1. The summed E-state index contributed by atoms with van der Waals surface area (Å²) in [5.41, 5.74) is 9.21. The first-order valence-electron chi connectivity index (χ1n) is 6.45. The first kappa shape index (κ1) is 12.4. The van der Waals surface area contributed by atoms with Gasteiger partial charge in [-0.2, -0.15) is 0 Å². The van der Waals surface area contributed by atoms with Crippen LogP contribution >= 0.6 is 0 Å². The smallest absolute Gasteiger partial charge is 0.221 e. The van der Waals surface area contributed by atoms with Gasteiger partial charge in [0.1, 0.15) is 0 Å². The fourth-order valence-electron chi connectivity index (χ4n) is 2.27. The van der Waals surface area contributed by atoms with Crippen molar-refractivity contribution >= 4 is 16.8 Å². The molecule has 1 heterocycles. The summed E-state index contributed by atoms with van der Waals surface area (Å²) in [4.78, 5) is 15.4. The van der Waals surface area contributed by atoms with Crippen molar-refractivity contribution < 1.29 is 4.79 Å². The first-order chi connectivity index (χ1) is 9.72. The summed E-state index contributed by atoms with van der Waals surface area (Å²) >= 11 is 0. The second-order valence-electron chi connectivity index (χ2n) is 4.76. The summed E-state index contributed by atoms with van der Waals surface area (Å²) in [5, 5.41) is 1.06. The molecule has 3 nitrogen and oxygen atoms in total. The monoisotopic (exact) mass is 262 g/mol. The molecule has 0 aliphatic rings. The number of hydrogen-bond donors (Lipinski definition) is 1. The van der Waals surface area contributed by atoms with Crippen LogP contribution in [0, 0.1) is 0 Å². The van der Waals surface area contributed by atoms with Gasteiger partial charge in [-0.05, 0) is 23.3 Å². The minimum Gasteiger partial charge on any atom is -0.369 e. The Kier molecular flexibility index (Phi) is 3.17. The molecule has 0 saturated heterocycles. The summed E-state index contributed by atoms with van der Waals surface area (Å²) < 4.78 is 0. The molecule has 0 unspecified atom stereocenters. The Labute approximate surface area is 117 Å². The van der Waals surface area contributed by atoms with Crippen LogP contribution in [0.4, 0.5) is 0 Å². The summed E-state index contributed by atoms with van der Waals surface area (Å²) in [6.07, 6.45) is 2.10. The molecule has 2 N–H and O–H groups in total. The molecule has 3 aromatic rings. The number of carbonyl (C=O) groups is 1. The number of nitrogens with two attached hydrogens (primary N) is 1. The van der Waals surface area contributed by atoms with E-state index in [4.69, 9.17) is 5.73 Å². The summed E-state index contributed by atoms with van der Waals surface area (Å²) in [6.45, 7) is 0. The molecular formula is C17H14N2O. The van der Waals surface area contributed by atoms with Crippen molar-refractivity contribution in [1.29, 1.82) is 0 Å². The second-order valence-corrected chi connectivity index (χ2v) is 4.76. The van der Waals surface area contributed by atoms with Gasteiger partial charge in [-0.3, -0.25) is 9.78 Å². The van der Waals surface area contributed by atoms with Gasteiger partial charge in [0.05, 0.1) is 11.9 Å². The highest BCUT2D eigenvalue weighted by Gasteiger charge is 2.03. The molecule has 20 heavy (non-hydrogen) atoms. The van der Waals surface area contributed by atoms with Crippen LogP contribution in [0.3, 0.4) is 0 Å². The van der Waals surface area contributed by atoms with E-state index in [2.05, 4.69) is 23.2 Å². The summed E-state index contributed by atoms with van der Waals surface area (Å²) in [7, 11) is 0. The third-order valence-corrected chi connectivity index (χ3v) is 3.23. The van der Waals surface area contributed by atoms with E-state index >= 15 is 0 Å². The van der Waals surface area contributed by atoms with E-state index in [1.54, 1.807) is 0 Å². The lowest BCUT2D eigenvalue weighted by Gasteiger charge is -2.05. The number of pyridine rings is 1. The van der Waals surface area contributed by atoms with Gasteiger partial charge in [0.15, 0.2) is 0 Å². The summed E-state index contributed by atoms with van der Waals surface area (Å²) in [6, 6.07) is 18.0. The van der Waals surface area contributed by atoms with Gasteiger partial charge < -0.3 is 5.73 Å². The number of primary amides is 1. The van der Waals surface area contributed by atoms with Crippen LogP contribution in [0.15, 0.2) is 60.8 Å². The molecule has 0 aliphatic heterocycles. The largest absolute Gasteiger partial charge is 0.369 e. The van der Waals surface area contributed by atoms with E-state index in [-0.39, 0.29) is 12.3 Å². The van der Waals surface area contributed by atoms with E-state index in [9.17, 15) is 4.79 Å². The van der Waals surface area contributed by atoms with Gasteiger partial charge in [0, 0.05) is 17.1 Å². The van der Waals surface area contributed by atoms with Gasteiger partial charge >= 0.3 is 0 Å². The minimum atomic E-state index is -0.328. The fraction of sp³-hybridized carbons (Fsp3) is 0.0588. The SMILES string of the molecule is NC(=O)Cc1ccc2cc(-c3ccccc3)cnc2c1. The molecule has 1 amide bonds. The number of rotatable bonds is 3. The number of hydrogen-bond acceptors (Lipinski definition) is 2. The van der Waals surface area contributed by atoms with Crippen molar-refractivity contribution in [2.24, 2.45) is 5.73 Å². The molecule has 1 aromatic heterocycles. The number of nitrogens with zero attached hydrogens (tertiary/aromatic N) is 1.